The maximum absolute atomic E-state index is 12.7. The van der Waals surface area contributed by atoms with Gasteiger partial charge in [0.2, 0.25) is 11.8 Å². The van der Waals surface area contributed by atoms with Gasteiger partial charge in [0.15, 0.2) is 0 Å². The summed E-state index contributed by atoms with van der Waals surface area (Å²) in [5, 5.41) is 9.99. The third kappa shape index (κ3) is 4.82. The summed E-state index contributed by atoms with van der Waals surface area (Å²) in [5.41, 5.74) is 0.895. The lowest BCUT2D eigenvalue weighted by molar-refractivity contribution is -0.126. The molecule has 2 heterocycles. The number of hydrogen-bond donors (Lipinski definition) is 2. The first kappa shape index (κ1) is 19.3. The lowest BCUT2D eigenvalue weighted by Crippen LogP contribution is -2.51. The number of ether oxygens (including phenoxy) is 1. The molecule has 0 spiro atoms. The summed E-state index contributed by atoms with van der Waals surface area (Å²) in [6, 6.07) is 7.21. The van der Waals surface area contributed by atoms with E-state index in [1.807, 2.05) is 44.4 Å². The predicted octanol–water partition coefficient (Wildman–Crippen LogP) is 2.05. The molecule has 7 nitrogen and oxygen atoms in total. The Hall–Kier alpha value is -2.48. The summed E-state index contributed by atoms with van der Waals surface area (Å²) in [6.07, 6.45) is 4.61. The van der Waals surface area contributed by atoms with E-state index in [-0.39, 0.29) is 29.1 Å². The molecule has 2 aromatic rings. The molecule has 27 heavy (non-hydrogen) atoms. The van der Waals surface area contributed by atoms with E-state index in [0.717, 1.165) is 16.2 Å². The van der Waals surface area contributed by atoms with E-state index in [0.29, 0.717) is 12.8 Å². The molecule has 144 valence electrons. The van der Waals surface area contributed by atoms with Crippen LogP contribution < -0.4 is 15.4 Å². The minimum atomic E-state index is -0.262. The lowest BCUT2D eigenvalue weighted by atomic mass is 9.93. The Labute approximate surface area is 162 Å². The van der Waals surface area contributed by atoms with Crippen LogP contribution in [-0.2, 0) is 16.6 Å². The number of nitrogens with one attached hydrogen (secondary N) is 2. The maximum Gasteiger partial charge on any atom is 0.233 e. The number of rotatable bonds is 6. The number of piperidine rings is 1. The van der Waals surface area contributed by atoms with Gasteiger partial charge in [0.1, 0.15) is 5.75 Å². The molecule has 3 rings (SSSR count). The average Bonchev–Trinajstić information content (AvgIpc) is 3.10. The summed E-state index contributed by atoms with van der Waals surface area (Å²) in [5.74, 6) is 0.731. The number of methoxy groups -OCH3 is 1. The topological polar surface area (TPSA) is 85.2 Å². The van der Waals surface area contributed by atoms with Crippen molar-refractivity contribution in [3.8, 4) is 5.75 Å². The van der Waals surface area contributed by atoms with Crippen LogP contribution in [0, 0.1) is 0 Å². The molecule has 0 unspecified atom stereocenters. The molecule has 1 aromatic heterocycles. The number of carbonyl (C=O) groups excluding carboxylic acids is 2. The van der Waals surface area contributed by atoms with Crippen LogP contribution in [0.15, 0.2) is 41.6 Å². The second kappa shape index (κ2) is 8.47. The summed E-state index contributed by atoms with van der Waals surface area (Å²) in [6.45, 7) is 1.88. The van der Waals surface area contributed by atoms with Gasteiger partial charge in [-0.1, -0.05) is 0 Å². The van der Waals surface area contributed by atoms with E-state index in [4.69, 9.17) is 4.74 Å². The number of hydrogen-bond acceptors (Lipinski definition) is 5. The highest BCUT2D eigenvalue weighted by Gasteiger charge is 2.32. The van der Waals surface area contributed by atoms with Gasteiger partial charge >= 0.3 is 0 Å². The van der Waals surface area contributed by atoms with Crippen molar-refractivity contribution in [3.05, 3.63) is 42.2 Å². The van der Waals surface area contributed by atoms with E-state index in [1.165, 1.54) is 11.8 Å². The fourth-order valence-corrected chi connectivity index (χ4v) is 3.96. The molecule has 8 heteroatoms. The summed E-state index contributed by atoms with van der Waals surface area (Å²) in [7, 11) is 3.45. The monoisotopic (exact) mass is 388 g/mol. The molecule has 1 aliphatic heterocycles. The van der Waals surface area contributed by atoms with Gasteiger partial charge in [-0.2, -0.15) is 5.10 Å². The van der Waals surface area contributed by atoms with Gasteiger partial charge in [-0.25, -0.2) is 0 Å². The van der Waals surface area contributed by atoms with Crippen LogP contribution in [-0.4, -0.2) is 40.0 Å². The molecule has 0 radical (unpaired) electrons. The number of aromatic nitrogens is 2. The zero-order valence-electron chi connectivity index (χ0n) is 15.6. The van der Waals surface area contributed by atoms with Gasteiger partial charge in [0, 0.05) is 30.1 Å². The number of nitrogens with zero attached hydrogens (tertiary/aromatic N) is 2. The van der Waals surface area contributed by atoms with Crippen LogP contribution in [0.2, 0.25) is 0 Å². The van der Waals surface area contributed by atoms with Crippen molar-refractivity contribution in [3.63, 3.8) is 0 Å². The molecule has 1 aliphatic rings. The van der Waals surface area contributed by atoms with Crippen LogP contribution in [0.5, 0.6) is 5.75 Å². The Morgan fingerprint density at radius 2 is 2.15 bits per heavy atom. The molecule has 1 saturated heterocycles. The third-order valence-corrected chi connectivity index (χ3v) is 5.67. The van der Waals surface area contributed by atoms with E-state index in [1.54, 1.807) is 18.0 Å². The predicted molar refractivity (Wildman–Crippen MR) is 104 cm³/mol. The second-order valence-electron chi connectivity index (χ2n) is 6.58. The molecule has 2 amide bonds. The number of benzene rings is 1. The van der Waals surface area contributed by atoms with Gasteiger partial charge < -0.3 is 15.4 Å². The largest absolute Gasteiger partial charge is 0.497 e. The first-order valence-corrected chi connectivity index (χ1v) is 9.73. The second-order valence-corrected chi connectivity index (χ2v) is 8.00. The molecule has 3 atom stereocenters. The highest BCUT2D eigenvalue weighted by Crippen LogP contribution is 2.27. The Balaban J connectivity index is 1.64. The van der Waals surface area contributed by atoms with Crippen LogP contribution in [0.4, 0.5) is 0 Å². The highest BCUT2D eigenvalue weighted by atomic mass is 32.2. The summed E-state index contributed by atoms with van der Waals surface area (Å²) in [4.78, 5) is 25.6. The molecule has 0 saturated carbocycles. The first-order chi connectivity index (χ1) is 13.0. The minimum Gasteiger partial charge on any atom is -0.497 e. The maximum atomic E-state index is 12.7. The standard InChI is InChI=1S/C19H24N4O3S/c1-12(27-15-6-4-14(26-3)5-7-15)19(25)21-16-8-9-17(24)22-18(16)13-10-20-23(2)11-13/h4-7,10-12,16,18H,8-9H2,1-3H3,(H,21,25)(H,22,24)/t12-,16+,18-/m1/s1. The zero-order chi connectivity index (χ0) is 19.4. The van der Waals surface area contributed by atoms with E-state index in [9.17, 15) is 9.59 Å². The van der Waals surface area contributed by atoms with Crippen LogP contribution in [0.1, 0.15) is 31.4 Å². The number of carbonyl (C=O) groups is 2. The van der Waals surface area contributed by atoms with Crippen LogP contribution in [0.3, 0.4) is 0 Å². The van der Waals surface area contributed by atoms with E-state index in [2.05, 4.69) is 15.7 Å². The number of thioether (sulfide) groups is 1. The Kier molecular flexibility index (Phi) is 6.05. The normalized spacial score (nSPS) is 20.6. The summed E-state index contributed by atoms with van der Waals surface area (Å²) < 4.78 is 6.85. The van der Waals surface area contributed by atoms with Crippen LogP contribution >= 0.6 is 11.8 Å². The van der Waals surface area contributed by atoms with Crippen molar-refractivity contribution in [2.75, 3.05) is 7.11 Å². The Morgan fingerprint density at radius 1 is 1.41 bits per heavy atom. The van der Waals surface area contributed by atoms with Gasteiger partial charge in [-0.3, -0.25) is 14.3 Å². The van der Waals surface area contributed by atoms with E-state index >= 15 is 0 Å². The Bertz CT molecular complexity index is 806. The number of aryl methyl sites for hydroxylation is 1. The summed E-state index contributed by atoms with van der Waals surface area (Å²) >= 11 is 1.49. The first-order valence-electron chi connectivity index (χ1n) is 8.85. The van der Waals surface area contributed by atoms with Crippen molar-refractivity contribution < 1.29 is 14.3 Å². The van der Waals surface area contributed by atoms with Crippen molar-refractivity contribution in [1.82, 2.24) is 20.4 Å². The fourth-order valence-electron chi connectivity index (χ4n) is 3.08. The fraction of sp³-hybridized carbons (Fsp3) is 0.421. The molecule has 1 aromatic carbocycles. The number of amides is 2. The van der Waals surface area contributed by atoms with Crippen molar-refractivity contribution >= 4 is 23.6 Å². The molecule has 1 fully saturated rings. The smallest absolute Gasteiger partial charge is 0.233 e. The molecule has 0 bridgehead atoms. The zero-order valence-corrected chi connectivity index (χ0v) is 16.5. The highest BCUT2D eigenvalue weighted by molar-refractivity contribution is 8.00. The van der Waals surface area contributed by atoms with E-state index < -0.39 is 0 Å². The van der Waals surface area contributed by atoms with Gasteiger partial charge in [0.25, 0.3) is 0 Å². The average molecular weight is 388 g/mol. The van der Waals surface area contributed by atoms with Crippen molar-refractivity contribution in [2.24, 2.45) is 7.05 Å². The van der Waals surface area contributed by atoms with Gasteiger partial charge in [0.05, 0.1) is 30.6 Å². The van der Waals surface area contributed by atoms with Crippen LogP contribution in [0.25, 0.3) is 0 Å². The van der Waals surface area contributed by atoms with Crippen molar-refractivity contribution in [2.45, 2.75) is 42.0 Å². The van der Waals surface area contributed by atoms with Gasteiger partial charge in [-0.15, -0.1) is 11.8 Å². The third-order valence-electron chi connectivity index (χ3n) is 4.55. The molecular weight excluding hydrogens is 364 g/mol. The Morgan fingerprint density at radius 3 is 2.78 bits per heavy atom. The van der Waals surface area contributed by atoms with Crippen molar-refractivity contribution in [1.29, 1.82) is 0 Å². The molecule has 2 N–H and O–H groups in total. The lowest BCUT2D eigenvalue weighted by Gasteiger charge is -2.33. The molecular formula is C19H24N4O3S. The molecule has 0 aliphatic carbocycles. The minimum absolute atomic E-state index is 0.00462. The quantitative estimate of drug-likeness (QED) is 0.740. The SMILES string of the molecule is COc1ccc(S[C@H](C)C(=O)N[C@H]2CCC(=O)N[C@@H]2c2cnn(C)c2)cc1. The van der Waals surface area contributed by atoms with Gasteiger partial charge in [-0.05, 0) is 37.6 Å².